The van der Waals surface area contributed by atoms with Gasteiger partial charge in [0.1, 0.15) is 0 Å². The van der Waals surface area contributed by atoms with Crippen LogP contribution in [-0.2, 0) is 0 Å². The lowest BCUT2D eigenvalue weighted by Gasteiger charge is -2.32. The van der Waals surface area contributed by atoms with Crippen LogP contribution < -0.4 is 10.6 Å². The van der Waals surface area contributed by atoms with Gasteiger partial charge in [-0.05, 0) is 44.7 Å². The molecule has 1 fully saturated rings. The molecule has 0 spiro atoms. The minimum atomic E-state index is -0.729. The van der Waals surface area contributed by atoms with Crippen LogP contribution in [0.15, 0.2) is 12.1 Å². The zero-order chi connectivity index (χ0) is 15.5. The van der Waals surface area contributed by atoms with E-state index < -0.39 is 5.60 Å². The largest absolute Gasteiger partial charge is 0.388 e. The Kier molecular flexibility index (Phi) is 4.88. The van der Waals surface area contributed by atoms with Gasteiger partial charge in [-0.15, -0.1) is 0 Å². The predicted molar refractivity (Wildman–Crippen MR) is 85.7 cm³/mol. The highest BCUT2D eigenvalue weighted by Gasteiger charge is 2.29. The molecule has 0 bridgehead atoms. The van der Waals surface area contributed by atoms with Crippen molar-refractivity contribution in [3.05, 3.63) is 28.8 Å². The Morgan fingerprint density at radius 2 is 1.71 bits per heavy atom. The standard InChI is InChI=1S/C17H26N2O2/c1-12-9-13(2)15(14(3)10-12)19-16(20)18-11-17(21)7-5-4-6-8-17/h9-10,21H,4-8,11H2,1-3H3,(H2,18,19,20). The lowest BCUT2D eigenvalue weighted by Crippen LogP contribution is -2.45. The Morgan fingerprint density at radius 3 is 2.29 bits per heavy atom. The first-order valence-electron chi connectivity index (χ1n) is 7.75. The van der Waals surface area contributed by atoms with Gasteiger partial charge in [-0.25, -0.2) is 4.79 Å². The van der Waals surface area contributed by atoms with Crippen LogP contribution in [0.4, 0.5) is 10.5 Å². The van der Waals surface area contributed by atoms with Crippen molar-refractivity contribution in [2.24, 2.45) is 0 Å². The van der Waals surface area contributed by atoms with Crippen LogP contribution in [0.25, 0.3) is 0 Å². The molecule has 1 saturated carbocycles. The number of hydrogen-bond acceptors (Lipinski definition) is 2. The summed E-state index contributed by atoms with van der Waals surface area (Å²) in [4.78, 5) is 12.1. The van der Waals surface area contributed by atoms with Crippen LogP contribution in [0.5, 0.6) is 0 Å². The molecule has 1 aromatic carbocycles. The summed E-state index contributed by atoms with van der Waals surface area (Å²) in [5.74, 6) is 0. The van der Waals surface area contributed by atoms with Gasteiger partial charge >= 0.3 is 6.03 Å². The fourth-order valence-electron chi connectivity index (χ4n) is 3.17. The van der Waals surface area contributed by atoms with Crippen molar-refractivity contribution in [1.82, 2.24) is 5.32 Å². The second kappa shape index (κ2) is 6.48. The first-order chi connectivity index (χ1) is 9.89. The zero-order valence-electron chi connectivity index (χ0n) is 13.3. The van der Waals surface area contributed by atoms with Crippen LogP contribution in [0.3, 0.4) is 0 Å². The number of carbonyl (C=O) groups excluding carboxylic acids is 1. The summed E-state index contributed by atoms with van der Waals surface area (Å²) in [6.07, 6.45) is 4.80. The summed E-state index contributed by atoms with van der Waals surface area (Å²) in [7, 11) is 0. The number of aliphatic hydroxyl groups is 1. The van der Waals surface area contributed by atoms with Crippen molar-refractivity contribution in [1.29, 1.82) is 0 Å². The third-order valence-electron chi connectivity index (χ3n) is 4.28. The van der Waals surface area contributed by atoms with Gasteiger partial charge in [-0.3, -0.25) is 0 Å². The lowest BCUT2D eigenvalue weighted by atomic mass is 9.85. The molecule has 4 nitrogen and oxygen atoms in total. The van der Waals surface area contributed by atoms with E-state index in [2.05, 4.69) is 22.8 Å². The number of nitrogens with one attached hydrogen (secondary N) is 2. The number of benzene rings is 1. The summed E-state index contributed by atoms with van der Waals surface area (Å²) < 4.78 is 0. The maximum Gasteiger partial charge on any atom is 0.319 e. The maximum atomic E-state index is 12.1. The van der Waals surface area contributed by atoms with Gasteiger partial charge in [0.25, 0.3) is 0 Å². The number of urea groups is 1. The number of hydrogen-bond donors (Lipinski definition) is 3. The number of aryl methyl sites for hydroxylation is 3. The van der Waals surface area contributed by atoms with E-state index >= 15 is 0 Å². The Labute approximate surface area is 126 Å². The average Bonchev–Trinajstić information content (AvgIpc) is 2.41. The lowest BCUT2D eigenvalue weighted by molar-refractivity contribution is 0.00755. The molecule has 116 valence electrons. The number of amides is 2. The third kappa shape index (κ3) is 4.21. The van der Waals surface area contributed by atoms with Crippen LogP contribution in [0.2, 0.25) is 0 Å². The highest BCUT2D eigenvalue weighted by Crippen LogP contribution is 2.27. The summed E-state index contributed by atoms with van der Waals surface area (Å²) in [5, 5.41) is 16.1. The van der Waals surface area contributed by atoms with Gasteiger partial charge in [0.15, 0.2) is 0 Å². The Hall–Kier alpha value is -1.55. The molecule has 0 heterocycles. The van der Waals surface area contributed by atoms with Crippen molar-refractivity contribution in [3.63, 3.8) is 0 Å². The normalized spacial score (nSPS) is 17.3. The summed E-state index contributed by atoms with van der Waals surface area (Å²) in [6, 6.07) is 3.86. The SMILES string of the molecule is Cc1cc(C)c(NC(=O)NCC2(O)CCCCC2)c(C)c1. The first kappa shape index (κ1) is 15.8. The molecule has 0 radical (unpaired) electrons. The van der Waals surface area contributed by atoms with Crippen molar-refractivity contribution in [2.45, 2.75) is 58.5 Å². The smallest absolute Gasteiger partial charge is 0.319 e. The van der Waals surface area contributed by atoms with Gasteiger partial charge in [0.05, 0.1) is 5.60 Å². The molecule has 0 atom stereocenters. The van der Waals surface area contributed by atoms with E-state index in [1.54, 1.807) is 0 Å². The van der Waals surface area contributed by atoms with E-state index in [0.29, 0.717) is 6.54 Å². The highest BCUT2D eigenvalue weighted by molar-refractivity contribution is 5.91. The highest BCUT2D eigenvalue weighted by atomic mass is 16.3. The average molecular weight is 290 g/mol. The first-order valence-corrected chi connectivity index (χ1v) is 7.75. The predicted octanol–water partition coefficient (Wildman–Crippen LogP) is 3.43. The number of anilines is 1. The molecule has 2 rings (SSSR count). The molecule has 1 aliphatic rings. The summed E-state index contributed by atoms with van der Waals surface area (Å²) in [5.41, 5.74) is 3.42. The molecule has 21 heavy (non-hydrogen) atoms. The molecule has 1 aliphatic carbocycles. The second-order valence-corrected chi connectivity index (χ2v) is 6.37. The van der Waals surface area contributed by atoms with Gasteiger partial charge in [-0.2, -0.15) is 0 Å². The van der Waals surface area contributed by atoms with Crippen molar-refractivity contribution < 1.29 is 9.90 Å². The third-order valence-corrected chi connectivity index (χ3v) is 4.28. The van der Waals surface area contributed by atoms with Gasteiger partial charge in [0, 0.05) is 12.2 Å². The van der Waals surface area contributed by atoms with Crippen molar-refractivity contribution in [3.8, 4) is 0 Å². The molecule has 0 aromatic heterocycles. The van der Waals surface area contributed by atoms with Crippen LogP contribution in [0, 0.1) is 20.8 Å². The summed E-state index contributed by atoms with van der Waals surface area (Å²) >= 11 is 0. The minimum absolute atomic E-state index is 0.246. The fraction of sp³-hybridized carbons (Fsp3) is 0.588. The monoisotopic (exact) mass is 290 g/mol. The Morgan fingerprint density at radius 1 is 1.14 bits per heavy atom. The molecule has 0 saturated heterocycles. The fourth-order valence-corrected chi connectivity index (χ4v) is 3.17. The second-order valence-electron chi connectivity index (χ2n) is 6.37. The minimum Gasteiger partial charge on any atom is -0.388 e. The van der Waals surface area contributed by atoms with E-state index in [1.165, 1.54) is 12.0 Å². The van der Waals surface area contributed by atoms with E-state index in [1.807, 2.05) is 20.8 Å². The summed E-state index contributed by atoms with van der Waals surface area (Å²) in [6.45, 7) is 6.35. The van der Waals surface area contributed by atoms with Gasteiger partial charge in [-0.1, -0.05) is 37.0 Å². The number of rotatable bonds is 3. The van der Waals surface area contributed by atoms with Crippen LogP contribution >= 0.6 is 0 Å². The molecular weight excluding hydrogens is 264 g/mol. The molecule has 0 aliphatic heterocycles. The van der Waals surface area contributed by atoms with Gasteiger partial charge < -0.3 is 15.7 Å². The molecule has 4 heteroatoms. The van der Waals surface area contributed by atoms with E-state index in [9.17, 15) is 9.90 Å². The van der Waals surface area contributed by atoms with E-state index in [0.717, 1.165) is 42.5 Å². The maximum absolute atomic E-state index is 12.1. The van der Waals surface area contributed by atoms with Crippen LogP contribution in [0.1, 0.15) is 48.8 Å². The molecule has 3 N–H and O–H groups in total. The van der Waals surface area contributed by atoms with Gasteiger partial charge in [0.2, 0.25) is 0 Å². The molecule has 2 amide bonds. The number of carbonyl (C=O) groups is 1. The van der Waals surface area contributed by atoms with E-state index in [-0.39, 0.29) is 6.03 Å². The topological polar surface area (TPSA) is 61.4 Å². The van der Waals surface area contributed by atoms with Crippen molar-refractivity contribution in [2.75, 3.05) is 11.9 Å². The molecule has 0 unspecified atom stereocenters. The van der Waals surface area contributed by atoms with Crippen LogP contribution in [-0.4, -0.2) is 23.3 Å². The Bertz CT molecular complexity index is 497. The quantitative estimate of drug-likeness (QED) is 0.798. The molecular formula is C17H26N2O2. The zero-order valence-corrected chi connectivity index (χ0v) is 13.3. The molecule has 1 aromatic rings. The Balaban J connectivity index is 1.93. The van der Waals surface area contributed by atoms with Crippen molar-refractivity contribution >= 4 is 11.7 Å². The van der Waals surface area contributed by atoms with E-state index in [4.69, 9.17) is 0 Å².